The van der Waals surface area contributed by atoms with Crippen molar-refractivity contribution in [3.8, 4) is 0 Å². The number of thioether (sulfide) groups is 1. The van der Waals surface area contributed by atoms with Gasteiger partial charge in [0.2, 0.25) is 0 Å². The Hall–Kier alpha value is -0.640. The average Bonchev–Trinajstić information content (AvgIpc) is 2.81. The molecule has 0 unspecified atom stereocenters. The lowest BCUT2D eigenvalue weighted by Crippen LogP contribution is -2.08. The summed E-state index contributed by atoms with van der Waals surface area (Å²) >= 11 is 1.48. The topological polar surface area (TPSA) is 50.2 Å². The second-order valence-corrected chi connectivity index (χ2v) is 6.31. The maximum absolute atomic E-state index is 11.4. The van der Waals surface area contributed by atoms with Crippen LogP contribution in [0.3, 0.4) is 0 Å². The van der Waals surface area contributed by atoms with Crippen LogP contribution in [0.15, 0.2) is 15.9 Å². The van der Waals surface area contributed by atoms with E-state index in [0.29, 0.717) is 0 Å². The molecule has 1 heterocycles. The molecule has 3 nitrogen and oxygen atoms in total. The van der Waals surface area contributed by atoms with Crippen LogP contribution in [-0.4, -0.2) is 36.7 Å². The summed E-state index contributed by atoms with van der Waals surface area (Å²) in [6, 6.07) is 0. The minimum atomic E-state index is -0.474. The quantitative estimate of drug-likeness (QED) is 0.276. The molecule has 1 saturated heterocycles. The molecule has 1 fully saturated rings. The Balaban J connectivity index is 2.86. The molecule has 1 rings (SSSR count). The molecule has 5 heteroatoms. The van der Waals surface area contributed by atoms with E-state index >= 15 is 0 Å². The summed E-state index contributed by atoms with van der Waals surface area (Å²) in [7, 11) is 1.60. The van der Waals surface area contributed by atoms with Gasteiger partial charge in [-0.15, -0.1) is 11.8 Å². The Labute approximate surface area is 103 Å². The van der Waals surface area contributed by atoms with Crippen LogP contribution >= 0.6 is 11.8 Å². The maximum Gasteiger partial charge on any atom is 0.348 e. The van der Waals surface area contributed by atoms with Gasteiger partial charge < -0.3 is 4.74 Å². The lowest BCUT2D eigenvalue weighted by atomic mass is 10.3. The van der Waals surface area contributed by atoms with Crippen molar-refractivity contribution in [1.82, 2.24) is 0 Å². The van der Waals surface area contributed by atoms with Gasteiger partial charge >= 0.3 is 5.97 Å². The van der Waals surface area contributed by atoms with Crippen molar-refractivity contribution < 1.29 is 9.53 Å². The van der Waals surface area contributed by atoms with E-state index in [-0.39, 0.29) is 16.5 Å². The summed E-state index contributed by atoms with van der Waals surface area (Å²) in [5, 5.41) is 9.28. The van der Waals surface area contributed by atoms with Crippen molar-refractivity contribution in [2.24, 2.45) is 0 Å². The van der Waals surface area contributed by atoms with Crippen molar-refractivity contribution in [2.75, 3.05) is 24.9 Å². The second kappa shape index (κ2) is 6.84. The lowest BCUT2D eigenvalue weighted by molar-refractivity contribution is -0.135. The van der Waals surface area contributed by atoms with Crippen molar-refractivity contribution in [3.05, 3.63) is 15.9 Å². The first-order valence-electron chi connectivity index (χ1n) is 5.03. The van der Waals surface area contributed by atoms with E-state index in [9.17, 15) is 4.79 Å². The van der Waals surface area contributed by atoms with Gasteiger partial charge in [-0.1, -0.05) is 0 Å². The predicted molar refractivity (Wildman–Crippen MR) is 71.2 cm³/mol. The van der Waals surface area contributed by atoms with Crippen LogP contribution < -0.4 is 0 Å². The molecule has 1 N–H and O–H groups in total. The standard InChI is InChI=1S/C11H16NO2S2/c1-14-11(13)9(7-12)10(15-2)8-16-5-3-4-6-16/h8,12H,3-6H2,1-2H3/q+1/b10-8-. The van der Waals surface area contributed by atoms with E-state index in [1.807, 2.05) is 6.26 Å². The monoisotopic (exact) mass is 258 g/mol. The average molecular weight is 258 g/mol. The maximum atomic E-state index is 11.4. The number of ether oxygens (including phenoxy) is 1. The summed E-state index contributed by atoms with van der Waals surface area (Å²) in [6.45, 7) is 0. The van der Waals surface area contributed by atoms with E-state index in [1.54, 1.807) is 0 Å². The van der Waals surface area contributed by atoms with Gasteiger partial charge in [-0.3, -0.25) is 5.41 Å². The number of hydrogen-bond donors (Lipinski definition) is 1. The van der Waals surface area contributed by atoms with E-state index in [4.69, 9.17) is 5.41 Å². The molecular formula is C11H16NO2S2+. The number of carbonyl (C=O) groups is 1. The SMILES string of the molecule is COC(=O)C(=C=N)/C(=C/[S+]1CCCC1)SC. The number of methoxy groups -OCH3 is 1. The summed E-state index contributed by atoms with van der Waals surface area (Å²) in [4.78, 5) is 12.3. The molecular weight excluding hydrogens is 242 g/mol. The van der Waals surface area contributed by atoms with Crippen molar-refractivity contribution in [1.29, 1.82) is 5.41 Å². The van der Waals surface area contributed by atoms with Gasteiger partial charge in [0.25, 0.3) is 0 Å². The number of hydrogen-bond acceptors (Lipinski definition) is 4. The Morgan fingerprint density at radius 3 is 2.56 bits per heavy atom. The molecule has 0 amide bonds. The highest BCUT2D eigenvalue weighted by Gasteiger charge is 2.25. The first kappa shape index (κ1) is 13.4. The van der Waals surface area contributed by atoms with Gasteiger partial charge in [-0.25, -0.2) is 4.79 Å². The molecule has 0 saturated carbocycles. The highest BCUT2D eigenvalue weighted by molar-refractivity contribution is 8.05. The zero-order valence-electron chi connectivity index (χ0n) is 9.54. The highest BCUT2D eigenvalue weighted by Crippen LogP contribution is 2.25. The molecule has 16 heavy (non-hydrogen) atoms. The summed E-state index contributed by atoms with van der Waals surface area (Å²) in [5.74, 6) is 4.12. The number of rotatable bonds is 4. The fraction of sp³-hybridized carbons (Fsp3) is 0.545. The van der Waals surface area contributed by atoms with Crippen molar-refractivity contribution >= 4 is 34.5 Å². The highest BCUT2D eigenvalue weighted by atomic mass is 32.2. The normalized spacial score (nSPS) is 17.0. The van der Waals surface area contributed by atoms with Crippen LogP contribution in [0.5, 0.6) is 0 Å². The van der Waals surface area contributed by atoms with E-state index < -0.39 is 5.97 Å². The lowest BCUT2D eigenvalue weighted by Gasteiger charge is -2.03. The van der Waals surface area contributed by atoms with Crippen LogP contribution in [0.1, 0.15) is 12.8 Å². The Morgan fingerprint density at radius 2 is 2.12 bits per heavy atom. The van der Waals surface area contributed by atoms with E-state index in [1.165, 1.54) is 43.2 Å². The smallest absolute Gasteiger partial charge is 0.348 e. The molecule has 0 aromatic carbocycles. The third-order valence-electron chi connectivity index (χ3n) is 2.32. The molecule has 0 aromatic heterocycles. The summed E-state index contributed by atoms with van der Waals surface area (Å²) < 4.78 is 4.64. The minimum Gasteiger partial charge on any atom is -0.465 e. The summed E-state index contributed by atoms with van der Waals surface area (Å²) in [6.07, 6.45) is 4.44. The van der Waals surface area contributed by atoms with Crippen LogP contribution in [0, 0.1) is 5.41 Å². The number of esters is 1. The number of nitrogens with one attached hydrogen (secondary N) is 1. The van der Waals surface area contributed by atoms with E-state index in [0.717, 1.165) is 4.91 Å². The molecule has 1 aliphatic heterocycles. The molecule has 0 atom stereocenters. The first-order chi connectivity index (χ1) is 7.72. The van der Waals surface area contributed by atoms with E-state index in [2.05, 4.69) is 16.0 Å². The van der Waals surface area contributed by atoms with Gasteiger partial charge in [0.1, 0.15) is 22.5 Å². The molecule has 1 aliphatic rings. The predicted octanol–water partition coefficient (Wildman–Crippen LogP) is 1.95. The van der Waals surface area contributed by atoms with Gasteiger partial charge in [0.15, 0.2) is 0 Å². The van der Waals surface area contributed by atoms with Gasteiger partial charge in [-0.05, 0) is 25.0 Å². The van der Waals surface area contributed by atoms with Crippen LogP contribution in [-0.2, 0) is 20.4 Å². The minimum absolute atomic E-state index is 0.245. The number of carbonyl (C=O) groups excluding carboxylic acids is 1. The molecule has 0 radical (unpaired) electrons. The van der Waals surface area contributed by atoms with Crippen LogP contribution in [0.2, 0.25) is 0 Å². The largest absolute Gasteiger partial charge is 0.465 e. The third-order valence-corrected chi connectivity index (χ3v) is 5.42. The van der Waals surface area contributed by atoms with Gasteiger partial charge in [0.05, 0.1) is 12.0 Å². The Morgan fingerprint density at radius 1 is 1.50 bits per heavy atom. The Kier molecular flexibility index (Phi) is 5.74. The molecule has 0 spiro atoms. The molecule has 88 valence electrons. The fourth-order valence-electron chi connectivity index (χ4n) is 1.47. The van der Waals surface area contributed by atoms with Crippen molar-refractivity contribution in [2.45, 2.75) is 12.8 Å². The molecule has 0 aliphatic carbocycles. The zero-order chi connectivity index (χ0) is 12.0. The van der Waals surface area contributed by atoms with Crippen LogP contribution in [0.4, 0.5) is 0 Å². The zero-order valence-corrected chi connectivity index (χ0v) is 11.2. The third kappa shape index (κ3) is 3.44. The fourth-order valence-corrected chi connectivity index (χ4v) is 4.61. The molecule has 0 aromatic rings. The molecule has 0 bridgehead atoms. The van der Waals surface area contributed by atoms with Gasteiger partial charge in [-0.2, -0.15) is 0 Å². The second-order valence-electron chi connectivity index (χ2n) is 3.33. The van der Waals surface area contributed by atoms with Crippen LogP contribution in [0.25, 0.3) is 0 Å². The first-order valence-corrected chi connectivity index (χ1v) is 7.88. The van der Waals surface area contributed by atoms with Crippen molar-refractivity contribution in [3.63, 3.8) is 0 Å². The summed E-state index contributed by atoms with van der Waals surface area (Å²) in [5.41, 5.74) is 0.245. The van der Waals surface area contributed by atoms with Gasteiger partial charge in [0, 0.05) is 10.9 Å². The Bertz CT molecular complexity index is 340.